The summed E-state index contributed by atoms with van der Waals surface area (Å²) in [5, 5.41) is 0. The minimum absolute atomic E-state index is 0.744. The summed E-state index contributed by atoms with van der Waals surface area (Å²) in [5.74, 6) is 0. The van der Waals surface area contributed by atoms with E-state index in [1.54, 1.807) is 11.8 Å². The van der Waals surface area contributed by atoms with E-state index in [9.17, 15) is 0 Å². The number of nitrogens with zero attached hydrogens (tertiary/aromatic N) is 1. The van der Waals surface area contributed by atoms with Crippen LogP contribution in [0.15, 0.2) is 35.4 Å². The van der Waals surface area contributed by atoms with Gasteiger partial charge >= 0.3 is 0 Å². The normalized spacial score (nSPS) is 10.5. The maximum absolute atomic E-state index is 5.26. The second-order valence-electron chi connectivity index (χ2n) is 3.24. The molecule has 0 radical (unpaired) electrons. The van der Waals surface area contributed by atoms with Gasteiger partial charge in [-0.25, -0.2) is 0 Å². The molecule has 0 spiro atoms. The lowest BCUT2D eigenvalue weighted by Crippen LogP contribution is -1.97. The van der Waals surface area contributed by atoms with Gasteiger partial charge in [0.15, 0.2) is 4.77 Å². The summed E-state index contributed by atoms with van der Waals surface area (Å²) >= 11 is 6.99. The molecule has 0 aliphatic heterocycles. The number of thioether (sulfide) groups is 1. The molecule has 0 bridgehead atoms. The van der Waals surface area contributed by atoms with Crippen LogP contribution in [0.25, 0.3) is 5.69 Å². The van der Waals surface area contributed by atoms with Crippen molar-refractivity contribution in [3.8, 4) is 5.69 Å². The Morgan fingerprint density at radius 2 is 2.07 bits per heavy atom. The molecule has 1 heterocycles. The maximum Gasteiger partial charge on any atom is 0.182 e. The molecule has 2 nitrogen and oxygen atoms in total. The zero-order chi connectivity index (χ0) is 10.8. The molecule has 0 unspecified atom stereocenters. The van der Waals surface area contributed by atoms with Crippen LogP contribution in [0.3, 0.4) is 0 Å². The Bertz CT molecular complexity index is 525. The zero-order valence-electron chi connectivity index (χ0n) is 8.65. The first-order valence-electron chi connectivity index (χ1n) is 4.64. The van der Waals surface area contributed by atoms with Crippen molar-refractivity contribution >= 4 is 24.0 Å². The highest BCUT2D eigenvalue weighted by molar-refractivity contribution is 7.98. The lowest BCUT2D eigenvalue weighted by Gasteiger charge is -2.09. The third-order valence-electron chi connectivity index (χ3n) is 2.29. The number of hydrogen-bond donors (Lipinski definition) is 1. The fourth-order valence-corrected chi connectivity index (χ4v) is 2.45. The van der Waals surface area contributed by atoms with E-state index < -0.39 is 0 Å². The smallest absolute Gasteiger partial charge is 0.182 e. The van der Waals surface area contributed by atoms with Crippen molar-refractivity contribution in [2.45, 2.75) is 11.8 Å². The number of aromatic amines is 1. The summed E-state index contributed by atoms with van der Waals surface area (Å²) in [6.07, 6.45) is 4.00. The van der Waals surface area contributed by atoms with Crippen molar-refractivity contribution in [1.29, 1.82) is 0 Å². The quantitative estimate of drug-likeness (QED) is 0.635. The van der Waals surface area contributed by atoms with Crippen LogP contribution in [0.5, 0.6) is 0 Å². The number of aryl methyl sites for hydroxylation is 1. The van der Waals surface area contributed by atoms with Crippen molar-refractivity contribution < 1.29 is 0 Å². The summed E-state index contributed by atoms with van der Waals surface area (Å²) in [5.41, 5.74) is 2.27. The van der Waals surface area contributed by atoms with E-state index in [1.807, 2.05) is 25.3 Å². The molecule has 0 aliphatic carbocycles. The minimum atomic E-state index is 0.744. The SMILES string of the molecule is CSc1ccccc1-n1c(C)c[nH]c1=S. The van der Waals surface area contributed by atoms with Gasteiger partial charge in [0.1, 0.15) is 0 Å². The first-order valence-corrected chi connectivity index (χ1v) is 6.28. The fraction of sp³-hybridized carbons (Fsp3) is 0.182. The third-order valence-corrected chi connectivity index (χ3v) is 3.37. The van der Waals surface area contributed by atoms with Gasteiger partial charge in [-0.05, 0) is 37.5 Å². The predicted molar refractivity (Wildman–Crippen MR) is 67.5 cm³/mol. The molecule has 1 aromatic heterocycles. The van der Waals surface area contributed by atoms with Gasteiger partial charge in [-0.3, -0.25) is 4.57 Å². The molecule has 0 aliphatic rings. The van der Waals surface area contributed by atoms with Crippen LogP contribution in [0.1, 0.15) is 5.69 Å². The largest absolute Gasteiger partial charge is 0.337 e. The van der Waals surface area contributed by atoms with E-state index in [0.717, 1.165) is 16.2 Å². The molecule has 15 heavy (non-hydrogen) atoms. The Morgan fingerprint density at radius 1 is 1.33 bits per heavy atom. The Morgan fingerprint density at radius 3 is 2.67 bits per heavy atom. The summed E-state index contributed by atoms with van der Waals surface area (Å²) in [6.45, 7) is 2.05. The Kier molecular flexibility index (Phi) is 2.98. The second-order valence-corrected chi connectivity index (χ2v) is 4.48. The van der Waals surface area contributed by atoms with E-state index in [-0.39, 0.29) is 0 Å². The molecule has 2 aromatic rings. The fourth-order valence-electron chi connectivity index (χ4n) is 1.57. The van der Waals surface area contributed by atoms with E-state index >= 15 is 0 Å². The van der Waals surface area contributed by atoms with Crippen molar-refractivity contribution in [3.63, 3.8) is 0 Å². The Labute approximate surface area is 98.3 Å². The molecule has 4 heteroatoms. The number of hydrogen-bond acceptors (Lipinski definition) is 2. The van der Waals surface area contributed by atoms with Crippen LogP contribution in [0, 0.1) is 11.7 Å². The first kappa shape index (κ1) is 10.5. The molecule has 2 rings (SSSR count). The number of rotatable bonds is 2. The first-order chi connectivity index (χ1) is 7.24. The topological polar surface area (TPSA) is 20.7 Å². The molecular formula is C11H12N2S2. The number of imidazole rings is 1. The molecule has 0 amide bonds. The van der Waals surface area contributed by atoms with E-state index in [4.69, 9.17) is 12.2 Å². The van der Waals surface area contributed by atoms with Crippen LogP contribution in [0.2, 0.25) is 0 Å². The number of para-hydroxylation sites is 1. The highest BCUT2D eigenvalue weighted by Gasteiger charge is 2.06. The van der Waals surface area contributed by atoms with Crippen molar-refractivity contribution in [3.05, 3.63) is 40.9 Å². The van der Waals surface area contributed by atoms with Crippen molar-refractivity contribution in [2.24, 2.45) is 0 Å². The lowest BCUT2D eigenvalue weighted by molar-refractivity contribution is 0.959. The van der Waals surface area contributed by atoms with Gasteiger partial charge in [0.05, 0.1) is 5.69 Å². The summed E-state index contributed by atoms with van der Waals surface area (Å²) in [7, 11) is 0. The monoisotopic (exact) mass is 236 g/mol. The van der Waals surface area contributed by atoms with Crippen LogP contribution < -0.4 is 0 Å². The van der Waals surface area contributed by atoms with E-state index in [2.05, 4.69) is 27.9 Å². The molecule has 0 saturated carbocycles. The number of nitrogens with one attached hydrogen (secondary N) is 1. The summed E-state index contributed by atoms with van der Waals surface area (Å²) in [6, 6.07) is 8.26. The van der Waals surface area contributed by atoms with E-state index in [0.29, 0.717) is 0 Å². The highest BCUT2D eigenvalue weighted by Crippen LogP contribution is 2.24. The van der Waals surface area contributed by atoms with E-state index in [1.165, 1.54) is 4.90 Å². The minimum Gasteiger partial charge on any atom is -0.337 e. The van der Waals surface area contributed by atoms with Gasteiger partial charge in [-0.1, -0.05) is 12.1 Å². The number of benzene rings is 1. The Hall–Kier alpha value is -1.00. The standard InChI is InChI=1S/C11H12N2S2/c1-8-7-12-11(14)13(8)9-5-3-4-6-10(9)15-2/h3-7H,1-2H3,(H,12,14). The second kappa shape index (κ2) is 4.24. The molecule has 0 atom stereocenters. The molecular weight excluding hydrogens is 224 g/mol. The van der Waals surface area contributed by atoms with Gasteiger partial charge in [0, 0.05) is 16.8 Å². The zero-order valence-corrected chi connectivity index (χ0v) is 10.3. The highest BCUT2D eigenvalue weighted by atomic mass is 32.2. The van der Waals surface area contributed by atoms with Gasteiger partial charge < -0.3 is 4.98 Å². The van der Waals surface area contributed by atoms with Gasteiger partial charge in [-0.2, -0.15) is 0 Å². The number of H-pyrrole nitrogens is 1. The van der Waals surface area contributed by atoms with Gasteiger partial charge in [-0.15, -0.1) is 11.8 Å². The molecule has 1 N–H and O–H groups in total. The van der Waals surface area contributed by atoms with Gasteiger partial charge in [0.25, 0.3) is 0 Å². The average molecular weight is 236 g/mol. The molecule has 0 saturated heterocycles. The van der Waals surface area contributed by atoms with Crippen molar-refractivity contribution in [1.82, 2.24) is 9.55 Å². The summed E-state index contributed by atoms with van der Waals surface area (Å²) < 4.78 is 2.80. The average Bonchev–Trinajstić information content (AvgIpc) is 2.59. The lowest BCUT2D eigenvalue weighted by atomic mass is 10.3. The number of aromatic nitrogens is 2. The molecule has 0 fully saturated rings. The summed E-state index contributed by atoms with van der Waals surface area (Å²) in [4.78, 5) is 4.29. The maximum atomic E-state index is 5.26. The molecule has 78 valence electrons. The van der Waals surface area contributed by atoms with Crippen molar-refractivity contribution in [2.75, 3.05) is 6.26 Å². The van der Waals surface area contributed by atoms with Crippen LogP contribution in [-0.4, -0.2) is 15.8 Å². The third kappa shape index (κ3) is 1.87. The predicted octanol–water partition coefficient (Wildman–Crippen LogP) is 3.57. The van der Waals surface area contributed by atoms with Crippen LogP contribution in [0.4, 0.5) is 0 Å². The molecule has 1 aromatic carbocycles. The van der Waals surface area contributed by atoms with Crippen LogP contribution >= 0.6 is 24.0 Å². The van der Waals surface area contributed by atoms with Crippen LogP contribution in [-0.2, 0) is 0 Å². The van der Waals surface area contributed by atoms with Gasteiger partial charge in [0.2, 0.25) is 0 Å². The Balaban J connectivity index is 2.69.